The van der Waals surface area contributed by atoms with Crippen LogP contribution in [0.25, 0.3) is 0 Å². The molecular weight excluding hydrogens is 300 g/mol. The van der Waals surface area contributed by atoms with Crippen LogP contribution in [0.15, 0.2) is 24.3 Å². The molecule has 4 heteroatoms. The van der Waals surface area contributed by atoms with Gasteiger partial charge in [0.25, 0.3) is 0 Å². The maximum absolute atomic E-state index is 11.6. The van der Waals surface area contributed by atoms with Crippen molar-refractivity contribution in [1.82, 2.24) is 4.90 Å². The van der Waals surface area contributed by atoms with Crippen LogP contribution in [-0.4, -0.2) is 52.6 Å². The highest BCUT2D eigenvalue weighted by molar-refractivity contribution is 5.67. The van der Waals surface area contributed by atoms with Crippen molar-refractivity contribution in [3.05, 3.63) is 29.8 Å². The number of fused-ring (bicyclic) bond motifs is 2. The molecular formula is C20H26N2O2. The lowest BCUT2D eigenvalue weighted by Gasteiger charge is -2.62. The summed E-state index contributed by atoms with van der Waals surface area (Å²) in [6.07, 6.45) is 2.56. The van der Waals surface area contributed by atoms with E-state index in [-0.39, 0.29) is 17.7 Å². The van der Waals surface area contributed by atoms with Crippen molar-refractivity contribution in [2.75, 3.05) is 11.9 Å². The number of rotatable bonds is 1. The van der Waals surface area contributed by atoms with Crippen LogP contribution in [0, 0.1) is 17.8 Å². The third-order valence-electron chi connectivity index (χ3n) is 8.46. The van der Waals surface area contributed by atoms with Gasteiger partial charge in [-0.25, -0.2) is 0 Å². The number of anilines is 1. The lowest BCUT2D eigenvalue weighted by atomic mass is 9.62. The molecule has 0 radical (unpaired) electrons. The van der Waals surface area contributed by atoms with Gasteiger partial charge in [0, 0.05) is 42.1 Å². The number of aliphatic hydroxyl groups excluding tert-OH is 2. The number of benzene rings is 1. The van der Waals surface area contributed by atoms with E-state index in [0.29, 0.717) is 35.9 Å². The van der Waals surface area contributed by atoms with Gasteiger partial charge in [-0.15, -0.1) is 0 Å². The van der Waals surface area contributed by atoms with Crippen molar-refractivity contribution >= 4 is 5.69 Å². The van der Waals surface area contributed by atoms with Gasteiger partial charge in [0.05, 0.1) is 12.1 Å². The fourth-order valence-corrected chi connectivity index (χ4v) is 7.88. The number of piperidine rings is 4. The normalized spacial score (nSPS) is 55.8. The summed E-state index contributed by atoms with van der Waals surface area (Å²) >= 11 is 0. The first-order valence-electron chi connectivity index (χ1n) is 9.57. The van der Waals surface area contributed by atoms with Gasteiger partial charge in [0.15, 0.2) is 0 Å². The Balaban J connectivity index is 1.60. The standard InChI is InChI=1S/C20H26N2O2/c1-3-10-11-8-14-17-20(12-6-4-5-7-13(12)21(17)2)9-15(16(11)18(20)23)22(14)19(10)24/h4-7,10-11,14-19,23-24H,3,8-9H2,1-2H3/t10-,11-,14?,15-,16+,17-,18?,19+,20+/m1/s1. The summed E-state index contributed by atoms with van der Waals surface area (Å²) in [4.78, 5) is 4.83. The topological polar surface area (TPSA) is 46.9 Å². The molecule has 1 aromatic carbocycles. The molecule has 4 nitrogen and oxygen atoms in total. The number of aliphatic hydroxyl groups is 2. The van der Waals surface area contributed by atoms with E-state index in [0.717, 1.165) is 19.3 Å². The molecule has 2 N–H and O–H groups in total. The van der Waals surface area contributed by atoms with E-state index in [1.807, 2.05) is 0 Å². The largest absolute Gasteiger partial charge is 0.392 e. The smallest absolute Gasteiger partial charge is 0.111 e. The van der Waals surface area contributed by atoms with E-state index in [1.165, 1.54) is 11.3 Å². The zero-order valence-corrected chi connectivity index (χ0v) is 14.3. The molecule has 6 aliphatic rings. The molecule has 0 amide bonds. The summed E-state index contributed by atoms with van der Waals surface area (Å²) in [5.41, 5.74) is 2.51. The zero-order valence-electron chi connectivity index (χ0n) is 14.3. The van der Waals surface area contributed by atoms with E-state index >= 15 is 0 Å². The molecule has 10 atom stereocenters. The Bertz CT molecular complexity index is 723. The first-order chi connectivity index (χ1) is 11.6. The molecule has 3 unspecified atom stereocenters. The summed E-state index contributed by atoms with van der Waals surface area (Å²) in [5.74, 6) is 1.14. The molecule has 5 heterocycles. The fraction of sp³-hybridized carbons (Fsp3) is 0.700. The van der Waals surface area contributed by atoms with E-state index < -0.39 is 0 Å². The molecule has 0 aromatic heterocycles. The summed E-state index contributed by atoms with van der Waals surface area (Å²) in [6, 6.07) is 9.70. The maximum Gasteiger partial charge on any atom is 0.111 e. The van der Waals surface area contributed by atoms with E-state index in [2.05, 4.69) is 48.0 Å². The summed E-state index contributed by atoms with van der Waals surface area (Å²) in [7, 11) is 2.19. The lowest BCUT2D eigenvalue weighted by Crippen LogP contribution is -2.72. The van der Waals surface area contributed by atoms with E-state index in [4.69, 9.17) is 0 Å². The SMILES string of the molecule is CC[C@@H]1[C@H]2CC3[C@H]4N(C)c5ccccc5[C@@]45C[C@H]([C@H]2C5O)N3[C@H]1O. The minimum atomic E-state index is -0.319. The Morgan fingerprint density at radius 3 is 2.79 bits per heavy atom. The second-order valence-corrected chi connectivity index (χ2v) is 8.81. The molecule has 5 fully saturated rings. The number of para-hydroxylation sites is 1. The highest BCUT2D eigenvalue weighted by Crippen LogP contribution is 2.68. The molecule has 1 saturated carbocycles. The van der Waals surface area contributed by atoms with Gasteiger partial charge in [-0.1, -0.05) is 25.1 Å². The van der Waals surface area contributed by atoms with Crippen molar-refractivity contribution in [2.45, 2.75) is 62.1 Å². The average molecular weight is 326 g/mol. The van der Waals surface area contributed by atoms with E-state index in [9.17, 15) is 10.2 Å². The third-order valence-corrected chi connectivity index (χ3v) is 8.46. The summed E-state index contributed by atoms with van der Waals surface area (Å²) in [5, 5.41) is 22.6. The van der Waals surface area contributed by atoms with Crippen molar-refractivity contribution in [2.24, 2.45) is 17.8 Å². The zero-order chi connectivity index (χ0) is 16.4. The predicted octanol–water partition coefficient (Wildman–Crippen LogP) is 1.55. The van der Waals surface area contributed by atoms with Crippen molar-refractivity contribution < 1.29 is 10.2 Å². The van der Waals surface area contributed by atoms with Crippen molar-refractivity contribution in [3.63, 3.8) is 0 Å². The first kappa shape index (κ1) is 14.1. The Labute approximate surface area is 143 Å². The van der Waals surface area contributed by atoms with Crippen LogP contribution in [0.3, 0.4) is 0 Å². The fourth-order valence-electron chi connectivity index (χ4n) is 7.88. The van der Waals surface area contributed by atoms with Crippen LogP contribution in [0.4, 0.5) is 5.69 Å². The van der Waals surface area contributed by atoms with Crippen LogP contribution < -0.4 is 4.90 Å². The molecule has 1 aromatic rings. The Hall–Kier alpha value is -1.10. The highest BCUT2D eigenvalue weighted by atomic mass is 16.3. The number of hydrogen-bond acceptors (Lipinski definition) is 4. The molecule has 5 bridgehead atoms. The van der Waals surface area contributed by atoms with Crippen molar-refractivity contribution in [3.8, 4) is 0 Å². The Morgan fingerprint density at radius 2 is 2.00 bits per heavy atom. The molecule has 7 rings (SSSR count). The Morgan fingerprint density at radius 1 is 1.21 bits per heavy atom. The minimum Gasteiger partial charge on any atom is -0.392 e. The van der Waals surface area contributed by atoms with Crippen LogP contribution >= 0.6 is 0 Å². The average Bonchev–Trinajstić information content (AvgIpc) is 2.97. The van der Waals surface area contributed by atoms with Crippen molar-refractivity contribution in [1.29, 1.82) is 0 Å². The summed E-state index contributed by atoms with van der Waals surface area (Å²) < 4.78 is 0. The quantitative estimate of drug-likeness (QED) is 0.822. The van der Waals surface area contributed by atoms with Gasteiger partial charge >= 0.3 is 0 Å². The van der Waals surface area contributed by atoms with Crippen LogP contribution in [0.5, 0.6) is 0 Å². The number of nitrogens with zero attached hydrogens (tertiary/aromatic N) is 2. The maximum atomic E-state index is 11.6. The number of hydrogen-bond donors (Lipinski definition) is 2. The first-order valence-corrected chi connectivity index (χ1v) is 9.57. The molecule has 5 aliphatic heterocycles. The third kappa shape index (κ3) is 1.20. The second kappa shape index (κ2) is 4.17. The van der Waals surface area contributed by atoms with Gasteiger partial charge in [-0.05, 0) is 36.8 Å². The highest BCUT2D eigenvalue weighted by Gasteiger charge is 2.76. The van der Waals surface area contributed by atoms with Crippen LogP contribution in [-0.2, 0) is 5.41 Å². The number of likely N-dealkylation sites (N-methyl/N-ethyl adjacent to an activating group) is 1. The second-order valence-electron chi connectivity index (χ2n) is 8.81. The monoisotopic (exact) mass is 326 g/mol. The predicted molar refractivity (Wildman–Crippen MR) is 91.7 cm³/mol. The van der Waals surface area contributed by atoms with Gasteiger partial charge in [0.2, 0.25) is 0 Å². The molecule has 4 saturated heterocycles. The van der Waals surface area contributed by atoms with Crippen LogP contribution in [0.2, 0.25) is 0 Å². The molecule has 24 heavy (non-hydrogen) atoms. The van der Waals surface area contributed by atoms with Gasteiger partial charge < -0.3 is 15.1 Å². The van der Waals surface area contributed by atoms with Crippen LogP contribution in [0.1, 0.15) is 31.7 Å². The Kier molecular flexibility index (Phi) is 2.45. The lowest BCUT2D eigenvalue weighted by molar-refractivity contribution is -0.211. The van der Waals surface area contributed by atoms with Gasteiger partial charge in [0.1, 0.15) is 6.23 Å². The molecule has 1 spiro atoms. The minimum absolute atomic E-state index is 0.126. The van der Waals surface area contributed by atoms with Gasteiger partial charge in [-0.3, -0.25) is 4.90 Å². The summed E-state index contributed by atoms with van der Waals surface area (Å²) in [6.45, 7) is 2.19. The van der Waals surface area contributed by atoms with E-state index in [1.54, 1.807) is 0 Å². The molecule has 128 valence electrons. The molecule has 1 aliphatic carbocycles. The van der Waals surface area contributed by atoms with Gasteiger partial charge in [-0.2, -0.15) is 0 Å².